The summed E-state index contributed by atoms with van der Waals surface area (Å²) in [5.74, 6) is -1.20. The molecule has 0 amide bonds. The summed E-state index contributed by atoms with van der Waals surface area (Å²) < 4.78 is 26.9. The Balaban J connectivity index is 2.07. The highest BCUT2D eigenvalue weighted by Gasteiger charge is 2.20. The van der Waals surface area contributed by atoms with Gasteiger partial charge in [0.25, 0.3) is 0 Å². The average molecular weight is 328 g/mol. The fourth-order valence-corrected chi connectivity index (χ4v) is 4.18. The van der Waals surface area contributed by atoms with Crippen molar-refractivity contribution in [3.63, 3.8) is 0 Å². The molecule has 0 saturated carbocycles. The molecule has 8 heteroatoms. The standard InChI is InChI=1S/C13H16N2O4S2/c1-8(5-10-4-3-9(2)20-10)15-21(18,19)11-6-12(13(16)17)14-7-11/h3-4,6-8,14-15H,5H2,1-2H3,(H,16,17). The summed E-state index contributed by atoms with van der Waals surface area (Å²) in [4.78, 5) is 15.4. The monoisotopic (exact) mass is 328 g/mol. The zero-order chi connectivity index (χ0) is 15.6. The zero-order valence-corrected chi connectivity index (χ0v) is 13.2. The first-order chi connectivity index (χ1) is 9.78. The summed E-state index contributed by atoms with van der Waals surface area (Å²) in [6.07, 6.45) is 1.77. The highest BCUT2D eigenvalue weighted by atomic mass is 32.2. The van der Waals surface area contributed by atoms with E-state index in [0.29, 0.717) is 6.42 Å². The number of carbonyl (C=O) groups is 1. The summed E-state index contributed by atoms with van der Waals surface area (Å²) in [7, 11) is -3.73. The SMILES string of the molecule is Cc1ccc(CC(C)NS(=O)(=O)c2c[nH]c(C(=O)O)c2)s1. The lowest BCUT2D eigenvalue weighted by atomic mass is 10.2. The Hall–Kier alpha value is -1.64. The van der Waals surface area contributed by atoms with Crippen molar-refractivity contribution in [1.29, 1.82) is 0 Å². The smallest absolute Gasteiger partial charge is 0.352 e. The van der Waals surface area contributed by atoms with Crippen molar-refractivity contribution in [1.82, 2.24) is 9.71 Å². The predicted octanol–water partition coefficient (Wildman–Crippen LogP) is 1.99. The molecule has 1 unspecified atom stereocenters. The molecule has 114 valence electrons. The number of hydrogen-bond acceptors (Lipinski definition) is 4. The van der Waals surface area contributed by atoms with Crippen LogP contribution in [0.2, 0.25) is 0 Å². The molecular formula is C13H16N2O4S2. The Morgan fingerprint density at radius 2 is 2.19 bits per heavy atom. The highest BCUT2D eigenvalue weighted by molar-refractivity contribution is 7.89. The molecular weight excluding hydrogens is 312 g/mol. The number of H-pyrrole nitrogens is 1. The third-order valence-corrected chi connectivity index (χ3v) is 5.45. The topological polar surface area (TPSA) is 99.3 Å². The minimum absolute atomic E-state index is 0.0749. The van der Waals surface area contributed by atoms with Gasteiger partial charge in [-0.15, -0.1) is 11.3 Å². The molecule has 0 spiro atoms. The van der Waals surface area contributed by atoms with Crippen molar-refractivity contribution >= 4 is 27.3 Å². The number of nitrogens with one attached hydrogen (secondary N) is 2. The van der Waals surface area contributed by atoms with E-state index in [9.17, 15) is 13.2 Å². The fourth-order valence-electron chi connectivity index (χ4n) is 1.92. The first kappa shape index (κ1) is 15.7. The Bertz CT molecular complexity index is 746. The van der Waals surface area contributed by atoms with Gasteiger partial charge in [0.2, 0.25) is 10.0 Å². The lowest BCUT2D eigenvalue weighted by Crippen LogP contribution is -2.33. The first-order valence-corrected chi connectivity index (χ1v) is 8.57. The molecule has 3 N–H and O–H groups in total. The van der Waals surface area contributed by atoms with Crippen LogP contribution in [0.5, 0.6) is 0 Å². The van der Waals surface area contributed by atoms with Crippen LogP contribution in [-0.4, -0.2) is 30.5 Å². The molecule has 0 radical (unpaired) electrons. The van der Waals surface area contributed by atoms with Crippen molar-refractivity contribution in [3.05, 3.63) is 39.8 Å². The quantitative estimate of drug-likeness (QED) is 0.755. The molecule has 6 nitrogen and oxygen atoms in total. The maximum atomic E-state index is 12.2. The molecule has 0 aromatic carbocycles. The minimum atomic E-state index is -3.73. The molecule has 1 atom stereocenters. The van der Waals surface area contributed by atoms with Crippen LogP contribution in [0.15, 0.2) is 29.3 Å². The van der Waals surface area contributed by atoms with Crippen LogP contribution in [0, 0.1) is 6.92 Å². The molecule has 0 aliphatic heterocycles. The van der Waals surface area contributed by atoms with Crippen LogP contribution in [0.4, 0.5) is 0 Å². The normalized spacial score (nSPS) is 13.2. The van der Waals surface area contributed by atoms with Crippen LogP contribution in [0.25, 0.3) is 0 Å². The second-order valence-corrected chi connectivity index (χ2v) is 7.88. The molecule has 0 fully saturated rings. The molecule has 0 aliphatic rings. The van der Waals surface area contributed by atoms with Crippen molar-refractivity contribution < 1.29 is 18.3 Å². The van der Waals surface area contributed by atoms with E-state index in [0.717, 1.165) is 10.9 Å². The van der Waals surface area contributed by atoms with Gasteiger partial charge in [-0.2, -0.15) is 0 Å². The number of hydrogen-bond donors (Lipinski definition) is 3. The maximum Gasteiger partial charge on any atom is 0.352 e. The van der Waals surface area contributed by atoms with Gasteiger partial charge in [0.15, 0.2) is 0 Å². The number of aromatic carboxylic acids is 1. The van der Waals surface area contributed by atoms with Crippen LogP contribution in [0.3, 0.4) is 0 Å². The van der Waals surface area contributed by atoms with E-state index in [4.69, 9.17) is 5.11 Å². The van der Waals surface area contributed by atoms with Crippen molar-refractivity contribution in [3.8, 4) is 0 Å². The number of aromatic nitrogens is 1. The van der Waals surface area contributed by atoms with Gasteiger partial charge >= 0.3 is 5.97 Å². The van der Waals surface area contributed by atoms with Gasteiger partial charge in [0.05, 0.1) is 0 Å². The number of carboxylic acids is 1. The van der Waals surface area contributed by atoms with E-state index >= 15 is 0 Å². The lowest BCUT2D eigenvalue weighted by molar-refractivity contribution is 0.0691. The number of carboxylic acid groups (broad SMARTS) is 1. The highest BCUT2D eigenvalue weighted by Crippen LogP contribution is 2.18. The summed E-state index contributed by atoms with van der Waals surface area (Å²) in [5.41, 5.74) is -0.156. The fraction of sp³-hybridized carbons (Fsp3) is 0.308. The van der Waals surface area contributed by atoms with Crippen LogP contribution in [-0.2, 0) is 16.4 Å². The average Bonchev–Trinajstić information content (AvgIpc) is 2.97. The Morgan fingerprint density at radius 3 is 2.71 bits per heavy atom. The van der Waals surface area contributed by atoms with E-state index < -0.39 is 16.0 Å². The van der Waals surface area contributed by atoms with Gasteiger partial charge in [-0.25, -0.2) is 17.9 Å². The number of aromatic amines is 1. The predicted molar refractivity (Wildman–Crippen MR) is 80.3 cm³/mol. The van der Waals surface area contributed by atoms with Crippen LogP contribution in [0.1, 0.15) is 27.2 Å². The summed E-state index contributed by atoms with van der Waals surface area (Å²) >= 11 is 1.63. The molecule has 2 aromatic rings. The number of aryl methyl sites for hydroxylation is 1. The zero-order valence-electron chi connectivity index (χ0n) is 11.6. The van der Waals surface area contributed by atoms with E-state index in [-0.39, 0.29) is 16.6 Å². The van der Waals surface area contributed by atoms with Gasteiger partial charge in [-0.05, 0) is 38.5 Å². The largest absolute Gasteiger partial charge is 0.477 e. The van der Waals surface area contributed by atoms with E-state index in [1.165, 1.54) is 11.1 Å². The molecule has 0 saturated heterocycles. The van der Waals surface area contributed by atoms with Crippen LogP contribution < -0.4 is 4.72 Å². The molecule has 21 heavy (non-hydrogen) atoms. The van der Waals surface area contributed by atoms with Gasteiger partial charge in [0.1, 0.15) is 10.6 Å². The van der Waals surface area contributed by atoms with Crippen LogP contribution >= 0.6 is 11.3 Å². The van der Waals surface area contributed by atoms with Gasteiger partial charge < -0.3 is 10.1 Å². The number of thiophene rings is 1. The summed E-state index contributed by atoms with van der Waals surface area (Å²) in [5, 5.41) is 8.80. The summed E-state index contributed by atoms with van der Waals surface area (Å²) in [6.45, 7) is 3.77. The molecule has 0 bridgehead atoms. The minimum Gasteiger partial charge on any atom is -0.477 e. The first-order valence-electron chi connectivity index (χ1n) is 6.27. The van der Waals surface area contributed by atoms with Crippen molar-refractivity contribution in [2.45, 2.75) is 31.2 Å². The van der Waals surface area contributed by atoms with Gasteiger partial charge in [-0.3, -0.25) is 0 Å². The maximum absolute atomic E-state index is 12.2. The Morgan fingerprint density at radius 1 is 1.48 bits per heavy atom. The molecule has 0 aliphatic carbocycles. The van der Waals surface area contributed by atoms with Gasteiger partial charge in [0, 0.05) is 22.0 Å². The van der Waals surface area contributed by atoms with Crippen molar-refractivity contribution in [2.24, 2.45) is 0 Å². The van der Waals surface area contributed by atoms with Gasteiger partial charge in [-0.1, -0.05) is 0 Å². The molecule has 2 heterocycles. The van der Waals surface area contributed by atoms with E-state index in [2.05, 4.69) is 9.71 Å². The van der Waals surface area contributed by atoms with E-state index in [1.54, 1.807) is 18.3 Å². The third-order valence-electron chi connectivity index (χ3n) is 2.86. The summed E-state index contributed by atoms with van der Waals surface area (Å²) in [6, 6.07) is 4.79. The molecule has 2 aromatic heterocycles. The third kappa shape index (κ3) is 3.93. The Kier molecular flexibility index (Phi) is 4.50. The second kappa shape index (κ2) is 6.00. The second-order valence-electron chi connectivity index (χ2n) is 4.79. The molecule has 2 rings (SSSR count). The Labute approximate surface area is 126 Å². The lowest BCUT2D eigenvalue weighted by Gasteiger charge is -2.12. The van der Waals surface area contributed by atoms with Crippen molar-refractivity contribution in [2.75, 3.05) is 0 Å². The van der Waals surface area contributed by atoms with E-state index in [1.807, 2.05) is 19.1 Å². The number of sulfonamides is 1. The number of rotatable bonds is 6.